The number of thiophene rings is 1. The summed E-state index contributed by atoms with van der Waals surface area (Å²) >= 11 is 13.3. The molecule has 0 spiro atoms. The number of fused-ring (bicyclic) bond motifs is 1. The van der Waals surface area contributed by atoms with E-state index in [4.69, 9.17) is 23.2 Å². The van der Waals surface area contributed by atoms with Gasteiger partial charge in [0.1, 0.15) is 4.88 Å². The molecule has 1 saturated heterocycles. The lowest BCUT2D eigenvalue weighted by atomic mass is 10.2. The molecule has 4 rings (SSSR count). The minimum atomic E-state index is -3.68. The molecule has 2 heterocycles. The van der Waals surface area contributed by atoms with E-state index >= 15 is 0 Å². The van der Waals surface area contributed by atoms with Crippen LogP contribution in [0.4, 0.5) is 5.69 Å². The fourth-order valence-corrected chi connectivity index (χ4v) is 6.40. The van der Waals surface area contributed by atoms with E-state index in [1.54, 1.807) is 4.90 Å². The molecule has 0 bridgehead atoms. The monoisotopic (exact) mass is 499 g/mol. The van der Waals surface area contributed by atoms with Crippen molar-refractivity contribution in [2.45, 2.75) is 4.90 Å². The van der Waals surface area contributed by atoms with E-state index in [2.05, 4.69) is 0 Å². The van der Waals surface area contributed by atoms with Crippen LogP contribution in [0.25, 0.3) is 10.1 Å². The molecule has 12 heteroatoms. The summed E-state index contributed by atoms with van der Waals surface area (Å²) in [5, 5.41) is 12.3. The maximum atomic E-state index is 13.0. The van der Waals surface area contributed by atoms with Crippen molar-refractivity contribution in [2.75, 3.05) is 26.2 Å². The van der Waals surface area contributed by atoms with Crippen LogP contribution in [0, 0.1) is 10.1 Å². The molecule has 3 aromatic rings. The molecule has 162 valence electrons. The second-order valence-electron chi connectivity index (χ2n) is 6.83. The highest BCUT2D eigenvalue weighted by molar-refractivity contribution is 7.89. The Morgan fingerprint density at radius 3 is 2.29 bits per heavy atom. The number of hydrogen-bond acceptors (Lipinski definition) is 6. The van der Waals surface area contributed by atoms with Gasteiger partial charge in [-0.3, -0.25) is 14.9 Å². The molecule has 1 fully saturated rings. The Balaban J connectivity index is 1.51. The Kier molecular flexibility index (Phi) is 5.93. The lowest BCUT2D eigenvalue weighted by Gasteiger charge is -2.33. The largest absolute Gasteiger partial charge is 0.335 e. The van der Waals surface area contributed by atoms with Gasteiger partial charge in [0.2, 0.25) is 10.0 Å². The average Bonchev–Trinajstić information content (AvgIpc) is 3.09. The molecule has 8 nitrogen and oxygen atoms in total. The van der Waals surface area contributed by atoms with Gasteiger partial charge in [-0.2, -0.15) is 4.31 Å². The third kappa shape index (κ3) is 4.13. The minimum absolute atomic E-state index is 0.0783. The first-order valence-electron chi connectivity index (χ1n) is 9.10. The first-order chi connectivity index (χ1) is 14.7. The lowest BCUT2D eigenvalue weighted by molar-refractivity contribution is -0.384. The number of nitro benzene ring substituents is 1. The Labute approximate surface area is 191 Å². The number of nitrogens with zero attached hydrogens (tertiary/aromatic N) is 3. The third-order valence-electron chi connectivity index (χ3n) is 5.00. The summed E-state index contributed by atoms with van der Waals surface area (Å²) in [7, 11) is -3.68. The molecular weight excluding hydrogens is 485 g/mol. The van der Waals surface area contributed by atoms with Crippen molar-refractivity contribution < 1.29 is 18.1 Å². The van der Waals surface area contributed by atoms with Gasteiger partial charge in [0.05, 0.1) is 14.8 Å². The molecule has 0 saturated carbocycles. The average molecular weight is 500 g/mol. The number of halogens is 2. The number of piperazine rings is 1. The Morgan fingerprint density at radius 1 is 1.03 bits per heavy atom. The van der Waals surface area contributed by atoms with Gasteiger partial charge in [-0.1, -0.05) is 23.2 Å². The van der Waals surface area contributed by atoms with Gasteiger partial charge in [-0.15, -0.1) is 11.3 Å². The van der Waals surface area contributed by atoms with Gasteiger partial charge in [0, 0.05) is 53.4 Å². The van der Waals surface area contributed by atoms with Crippen LogP contribution in [0.2, 0.25) is 10.0 Å². The number of sulfonamides is 1. The molecule has 1 aromatic heterocycles. The summed E-state index contributed by atoms with van der Waals surface area (Å²) in [5.41, 5.74) is -0.0783. The van der Waals surface area contributed by atoms with E-state index in [9.17, 15) is 23.3 Å². The van der Waals surface area contributed by atoms with E-state index in [1.165, 1.54) is 46.8 Å². The fourth-order valence-electron chi connectivity index (χ4n) is 3.34. The van der Waals surface area contributed by atoms with Crippen LogP contribution in [-0.2, 0) is 10.0 Å². The van der Waals surface area contributed by atoms with Crippen molar-refractivity contribution in [1.82, 2.24) is 9.21 Å². The third-order valence-corrected chi connectivity index (χ3v) is 8.81. The topological polar surface area (TPSA) is 101 Å². The summed E-state index contributed by atoms with van der Waals surface area (Å²) in [6, 6.07) is 10.2. The lowest BCUT2D eigenvalue weighted by Crippen LogP contribution is -2.50. The Bertz CT molecular complexity index is 1280. The second kappa shape index (κ2) is 8.36. The van der Waals surface area contributed by atoms with Crippen molar-refractivity contribution in [3.63, 3.8) is 0 Å². The standard InChI is InChI=1S/C19H15Cl2N3O5S2/c20-12-1-4-14(5-2-12)31(28,29)23-9-7-22(8-10-23)19(25)18-17(21)15-6-3-13(24(26)27)11-16(15)30-18/h1-6,11H,7-10H2. The van der Waals surface area contributed by atoms with Crippen molar-refractivity contribution >= 4 is 66.2 Å². The number of rotatable bonds is 4. The van der Waals surface area contributed by atoms with E-state index in [-0.39, 0.29) is 52.6 Å². The van der Waals surface area contributed by atoms with Crippen LogP contribution < -0.4 is 0 Å². The molecule has 2 aromatic carbocycles. The number of carbonyl (C=O) groups excluding carboxylic acids is 1. The molecule has 0 unspecified atom stereocenters. The first-order valence-corrected chi connectivity index (χ1v) is 12.1. The molecule has 1 amide bonds. The highest BCUT2D eigenvalue weighted by atomic mass is 35.5. The zero-order chi connectivity index (χ0) is 22.3. The number of carbonyl (C=O) groups is 1. The summed E-state index contributed by atoms with van der Waals surface area (Å²) in [6.07, 6.45) is 0. The van der Waals surface area contributed by atoms with Crippen molar-refractivity contribution in [1.29, 1.82) is 0 Å². The van der Waals surface area contributed by atoms with Crippen molar-refractivity contribution in [3.8, 4) is 0 Å². The molecule has 31 heavy (non-hydrogen) atoms. The zero-order valence-electron chi connectivity index (χ0n) is 15.8. The summed E-state index contributed by atoms with van der Waals surface area (Å²) in [5.74, 6) is -0.322. The summed E-state index contributed by atoms with van der Waals surface area (Å²) in [6.45, 7) is 0.697. The molecule has 1 aliphatic heterocycles. The van der Waals surface area contributed by atoms with Gasteiger partial charge in [-0.25, -0.2) is 8.42 Å². The number of hydrogen-bond donors (Lipinski definition) is 0. The van der Waals surface area contributed by atoms with E-state index in [0.29, 0.717) is 15.1 Å². The first kappa shape index (κ1) is 22.0. The Hall–Kier alpha value is -2.24. The number of nitro groups is 1. The highest BCUT2D eigenvalue weighted by Crippen LogP contribution is 2.38. The molecule has 1 aliphatic rings. The molecule has 0 aliphatic carbocycles. The van der Waals surface area contributed by atoms with Crippen LogP contribution >= 0.6 is 34.5 Å². The highest BCUT2D eigenvalue weighted by Gasteiger charge is 2.32. The van der Waals surface area contributed by atoms with Crippen LogP contribution in [0.5, 0.6) is 0 Å². The summed E-state index contributed by atoms with van der Waals surface area (Å²) in [4.78, 5) is 25.5. The molecule has 0 radical (unpaired) electrons. The molecule has 0 N–H and O–H groups in total. The summed E-state index contributed by atoms with van der Waals surface area (Å²) < 4.78 is 27.5. The quantitative estimate of drug-likeness (QED) is 0.394. The van der Waals surface area contributed by atoms with Gasteiger partial charge in [0.25, 0.3) is 11.6 Å². The van der Waals surface area contributed by atoms with E-state index < -0.39 is 14.9 Å². The van der Waals surface area contributed by atoms with Crippen LogP contribution in [-0.4, -0.2) is 54.6 Å². The van der Waals surface area contributed by atoms with Crippen molar-refractivity contribution in [3.05, 3.63) is 67.5 Å². The van der Waals surface area contributed by atoms with Gasteiger partial charge < -0.3 is 4.90 Å². The maximum Gasteiger partial charge on any atom is 0.270 e. The van der Waals surface area contributed by atoms with Gasteiger partial charge >= 0.3 is 0 Å². The molecule has 0 atom stereocenters. The number of amides is 1. The normalized spacial score (nSPS) is 15.4. The smallest absolute Gasteiger partial charge is 0.270 e. The molecular formula is C19H15Cl2N3O5S2. The minimum Gasteiger partial charge on any atom is -0.335 e. The van der Waals surface area contributed by atoms with Gasteiger partial charge in [0.15, 0.2) is 0 Å². The number of benzene rings is 2. The SMILES string of the molecule is O=C(c1sc2cc([N+](=O)[O-])ccc2c1Cl)N1CCN(S(=O)(=O)c2ccc(Cl)cc2)CC1. The van der Waals surface area contributed by atoms with Crippen LogP contribution in [0.1, 0.15) is 9.67 Å². The maximum absolute atomic E-state index is 13.0. The van der Waals surface area contributed by atoms with E-state index in [0.717, 1.165) is 11.3 Å². The second-order valence-corrected chi connectivity index (χ2v) is 10.6. The van der Waals surface area contributed by atoms with Gasteiger partial charge in [-0.05, 0) is 30.3 Å². The Morgan fingerprint density at radius 2 is 1.68 bits per heavy atom. The van der Waals surface area contributed by atoms with E-state index in [1.807, 2.05) is 0 Å². The fraction of sp³-hybridized carbons (Fsp3) is 0.211. The zero-order valence-corrected chi connectivity index (χ0v) is 19.0. The van der Waals surface area contributed by atoms with Crippen LogP contribution in [0.3, 0.4) is 0 Å². The predicted octanol–water partition coefficient (Wildman–Crippen LogP) is 4.26. The predicted molar refractivity (Wildman–Crippen MR) is 120 cm³/mol. The van der Waals surface area contributed by atoms with Crippen molar-refractivity contribution in [2.24, 2.45) is 0 Å². The number of non-ortho nitro benzene ring substituents is 1. The van der Waals surface area contributed by atoms with Crippen LogP contribution in [0.15, 0.2) is 47.4 Å².